The van der Waals surface area contributed by atoms with Crippen LogP contribution in [0.15, 0.2) is 24.3 Å². The van der Waals surface area contributed by atoms with E-state index in [1.165, 1.54) is 0 Å². The van der Waals surface area contributed by atoms with Crippen LogP contribution in [0.1, 0.15) is 65.0 Å². The second kappa shape index (κ2) is 9.23. The third-order valence-electron chi connectivity index (χ3n) is 6.51. The van der Waals surface area contributed by atoms with Crippen LogP contribution in [-0.4, -0.2) is 26.5 Å². The summed E-state index contributed by atoms with van der Waals surface area (Å²) < 4.78 is 1.94. The molecule has 1 saturated carbocycles. The Kier molecular flexibility index (Phi) is 6.57. The van der Waals surface area contributed by atoms with Gasteiger partial charge in [0.25, 0.3) is 0 Å². The Morgan fingerprint density at radius 3 is 2.66 bits per heavy atom. The number of hydrogen-bond acceptors (Lipinski definition) is 4. The van der Waals surface area contributed by atoms with E-state index in [4.69, 9.17) is 28.2 Å². The van der Waals surface area contributed by atoms with Gasteiger partial charge in [0.05, 0.1) is 33.8 Å². The summed E-state index contributed by atoms with van der Waals surface area (Å²) in [6.07, 6.45) is 3.77. The molecule has 32 heavy (non-hydrogen) atoms. The molecule has 1 heterocycles. The van der Waals surface area contributed by atoms with Gasteiger partial charge in [0.2, 0.25) is 0 Å². The quantitative estimate of drug-likeness (QED) is 0.480. The largest absolute Gasteiger partial charge is 0.393 e. The molecule has 5 nitrogen and oxygen atoms in total. The van der Waals surface area contributed by atoms with Crippen molar-refractivity contribution in [1.82, 2.24) is 9.55 Å². The molecule has 0 unspecified atom stereocenters. The van der Waals surface area contributed by atoms with Crippen molar-refractivity contribution in [3.8, 4) is 6.07 Å². The number of carbonyl (C=O) groups excluding carboxylic acids is 1. The van der Waals surface area contributed by atoms with Crippen LogP contribution in [0.3, 0.4) is 0 Å². The molecule has 0 atom stereocenters. The van der Waals surface area contributed by atoms with Crippen molar-refractivity contribution in [2.24, 2.45) is 13.0 Å². The lowest BCUT2D eigenvalue weighted by molar-refractivity contribution is 0.0860. The van der Waals surface area contributed by atoms with E-state index in [0.717, 1.165) is 48.1 Å². The molecule has 3 aromatic rings. The van der Waals surface area contributed by atoms with Gasteiger partial charge in [0, 0.05) is 30.5 Å². The predicted octanol–water partition coefficient (Wildman–Crippen LogP) is 5.77. The van der Waals surface area contributed by atoms with Gasteiger partial charge in [0.1, 0.15) is 5.82 Å². The Balaban J connectivity index is 1.64. The van der Waals surface area contributed by atoms with E-state index < -0.39 is 0 Å². The normalized spacial score (nSPS) is 18.6. The molecule has 0 saturated heterocycles. The fourth-order valence-corrected chi connectivity index (χ4v) is 5.19. The van der Waals surface area contributed by atoms with E-state index >= 15 is 0 Å². The van der Waals surface area contributed by atoms with E-state index in [-0.39, 0.29) is 17.8 Å². The summed E-state index contributed by atoms with van der Waals surface area (Å²) in [7, 11) is 1.90. The number of carbonyl (C=O) groups is 1. The fraction of sp³-hybridized carbons (Fsp3) is 0.400. The third kappa shape index (κ3) is 4.41. The van der Waals surface area contributed by atoms with Crippen LogP contribution in [0.5, 0.6) is 0 Å². The first-order chi connectivity index (χ1) is 15.3. The highest BCUT2D eigenvalue weighted by Gasteiger charge is 2.25. The van der Waals surface area contributed by atoms with E-state index in [0.29, 0.717) is 39.6 Å². The minimum Gasteiger partial charge on any atom is -0.393 e. The first-order valence-corrected chi connectivity index (χ1v) is 11.6. The first kappa shape index (κ1) is 22.8. The minimum absolute atomic E-state index is 0.00816. The lowest BCUT2D eigenvalue weighted by Crippen LogP contribution is -2.20. The average molecular weight is 470 g/mol. The Hall–Kier alpha value is -2.39. The van der Waals surface area contributed by atoms with Crippen LogP contribution in [0.2, 0.25) is 10.0 Å². The number of rotatable bonds is 5. The number of fused-ring (bicyclic) bond motifs is 1. The second-order valence-corrected chi connectivity index (χ2v) is 9.51. The van der Waals surface area contributed by atoms with Gasteiger partial charge in [-0.2, -0.15) is 5.26 Å². The number of imidazole rings is 1. The summed E-state index contributed by atoms with van der Waals surface area (Å²) in [4.78, 5) is 17.8. The van der Waals surface area contributed by atoms with Gasteiger partial charge >= 0.3 is 0 Å². The highest BCUT2D eigenvalue weighted by Crippen LogP contribution is 2.34. The van der Waals surface area contributed by atoms with Crippen molar-refractivity contribution in [3.63, 3.8) is 0 Å². The number of aliphatic hydroxyl groups excluding tert-OH is 1. The van der Waals surface area contributed by atoms with E-state index in [9.17, 15) is 15.2 Å². The standard InChI is InChI=1S/C25H25Cl2N3O2/c1-14-9-16(13-28)10-21-25(14)29-23(30(21)2)12-19-20(26)8-7-18(24(19)27)22(32)11-15-3-5-17(31)6-4-15/h7-10,15,17,31H,3-6,11-12H2,1-2H3. The van der Waals surface area contributed by atoms with E-state index in [1.54, 1.807) is 12.1 Å². The van der Waals surface area contributed by atoms with E-state index in [2.05, 4.69) is 6.07 Å². The molecule has 1 aromatic heterocycles. The molecule has 0 bridgehead atoms. The van der Waals surface area contributed by atoms with Gasteiger partial charge in [-0.3, -0.25) is 4.79 Å². The number of ketones is 1. The zero-order valence-corrected chi connectivity index (χ0v) is 19.7. The van der Waals surface area contributed by atoms with Gasteiger partial charge in [0.15, 0.2) is 5.78 Å². The van der Waals surface area contributed by atoms with Gasteiger partial charge in [-0.15, -0.1) is 0 Å². The number of halogens is 2. The van der Waals surface area contributed by atoms with Crippen molar-refractivity contribution in [2.45, 2.75) is 51.6 Å². The first-order valence-electron chi connectivity index (χ1n) is 10.8. The molecular formula is C25H25Cl2N3O2. The third-order valence-corrected chi connectivity index (χ3v) is 7.30. The van der Waals surface area contributed by atoms with Crippen LogP contribution >= 0.6 is 23.2 Å². The molecule has 0 amide bonds. The Labute approximate surface area is 197 Å². The lowest BCUT2D eigenvalue weighted by Gasteiger charge is -2.25. The number of aromatic nitrogens is 2. The number of hydrogen-bond donors (Lipinski definition) is 1. The summed E-state index contributed by atoms with van der Waals surface area (Å²) in [5.74, 6) is 1.04. The van der Waals surface area contributed by atoms with Crippen LogP contribution in [0.25, 0.3) is 11.0 Å². The molecule has 4 rings (SSSR count). The number of benzene rings is 2. The Bertz CT molecular complexity index is 1230. The monoisotopic (exact) mass is 469 g/mol. The number of nitrogens with zero attached hydrogens (tertiary/aromatic N) is 3. The molecule has 0 aliphatic heterocycles. The van der Waals surface area contributed by atoms with Crippen molar-refractivity contribution in [3.05, 3.63) is 62.4 Å². The van der Waals surface area contributed by atoms with Crippen LogP contribution in [0, 0.1) is 24.2 Å². The predicted molar refractivity (Wildman–Crippen MR) is 126 cm³/mol. The Morgan fingerprint density at radius 1 is 1.25 bits per heavy atom. The molecule has 1 aliphatic carbocycles. The maximum absolute atomic E-state index is 13.0. The summed E-state index contributed by atoms with van der Waals surface area (Å²) in [5.41, 5.74) is 4.38. The van der Waals surface area contributed by atoms with Gasteiger partial charge in [-0.25, -0.2) is 4.98 Å². The number of aryl methyl sites for hydroxylation is 2. The maximum atomic E-state index is 13.0. The fourth-order valence-electron chi connectivity index (χ4n) is 4.58. The highest BCUT2D eigenvalue weighted by molar-refractivity contribution is 6.38. The summed E-state index contributed by atoms with van der Waals surface area (Å²) in [6, 6.07) is 9.26. The molecule has 166 valence electrons. The molecule has 0 spiro atoms. The average Bonchev–Trinajstić information content (AvgIpc) is 3.08. The van der Waals surface area contributed by atoms with E-state index in [1.807, 2.05) is 30.7 Å². The SMILES string of the molecule is Cc1cc(C#N)cc2c1nc(Cc1c(Cl)ccc(C(=O)CC3CCC(O)CC3)c1Cl)n2C. The zero-order valence-electron chi connectivity index (χ0n) is 18.2. The van der Waals surface area contributed by atoms with Crippen LogP contribution < -0.4 is 0 Å². The topological polar surface area (TPSA) is 78.9 Å². The summed E-state index contributed by atoms with van der Waals surface area (Å²) >= 11 is 13.2. The molecule has 1 N–H and O–H groups in total. The van der Waals surface area contributed by atoms with Crippen LogP contribution in [0.4, 0.5) is 0 Å². The molecule has 1 fully saturated rings. The van der Waals surface area contributed by atoms with Gasteiger partial charge in [-0.05, 0) is 73.9 Å². The van der Waals surface area contributed by atoms with Crippen molar-refractivity contribution in [1.29, 1.82) is 5.26 Å². The molecule has 0 radical (unpaired) electrons. The van der Waals surface area contributed by atoms with Crippen LogP contribution in [-0.2, 0) is 13.5 Å². The maximum Gasteiger partial charge on any atom is 0.164 e. The smallest absolute Gasteiger partial charge is 0.164 e. The summed E-state index contributed by atoms with van der Waals surface area (Å²) in [6.45, 7) is 1.93. The van der Waals surface area contributed by atoms with Gasteiger partial charge in [-0.1, -0.05) is 23.2 Å². The lowest BCUT2D eigenvalue weighted by atomic mass is 9.83. The van der Waals surface area contributed by atoms with Crippen molar-refractivity contribution < 1.29 is 9.90 Å². The molecule has 2 aromatic carbocycles. The van der Waals surface area contributed by atoms with Gasteiger partial charge < -0.3 is 9.67 Å². The number of nitriles is 1. The Morgan fingerprint density at radius 2 is 1.97 bits per heavy atom. The zero-order chi connectivity index (χ0) is 23.0. The molecular weight excluding hydrogens is 445 g/mol. The highest BCUT2D eigenvalue weighted by atomic mass is 35.5. The molecule has 7 heteroatoms. The summed E-state index contributed by atoms with van der Waals surface area (Å²) in [5, 5.41) is 19.9. The minimum atomic E-state index is -0.242. The second-order valence-electron chi connectivity index (χ2n) is 8.73. The van der Waals surface area contributed by atoms with Crippen molar-refractivity contribution >= 4 is 40.0 Å². The molecule has 1 aliphatic rings. The number of Topliss-reactive ketones (excluding diaryl/α,β-unsaturated/α-hetero) is 1. The number of aliphatic hydroxyl groups is 1. The van der Waals surface area contributed by atoms with Crippen molar-refractivity contribution in [2.75, 3.05) is 0 Å².